The molecule has 9 rings (SSSR count). The zero-order chi connectivity index (χ0) is 36.1. The minimum atomic E-state index is -0.345. The lowest BCUT2D eigenvalue weighted by Crippen LogP contribution is -2.25. The van der Waals surface area contributed by atoms with Gasteiger partial charge in [-0.3, -0.25) is 0 Å². The molecule has 1 aromatic heterocycles. The summed E-state index contributed by atoms with van der Waals surface area (Å²) in [6.45, 7) is 12.4. The molecule has 2 aliphatic carbocycles. The summed E-state index contributed by atoms with van der Waals surface area (Å²) < 4.78 is 0. The fourth-order valence-electron chi connectivity index (χ4n) is 8.53. The molecule has 1 heterocycles. The minimum absolute atomic E-state index is 0.345. The molecule has 2 heteroatoms. The predicted molar refractivity (Wildman–Crippen MR) is 222 cm³/mol. The molecule has 6 aromatic carbocycles. The Morgan fingerprint density at radius 2 is 0.943 bits per heavy atom. The van der Waals surface area contributed by atoms with Crippen LogP contribution in [0.2, 0.25) is 0 Å². The van der Waals surface area contributed by atoms with E-state index in [4.69, 9.17) is 9.97 Å². The molecule has 53 heavy (non-hydrogen) atoms. The van der Waals surface area contributed by atoms with Gasteiger partial charge in [-0.1, -0.05) is 177 Å². The molecule has 0 unspecified atom stereocenters. The summed E-state index contributed by atoms with van der Waals surface area (Å²) in [6.07, 6.45) is 7.82. The molecule has 0 atom stereocenters. The molecule has 0 N–H and O–H groups in total. The summed E-state index contributed by atoms with van der Waals surface area (Å²) in [7, 11) is 0. The largest absolute Gasteiger partial charge is 0.228 e. The molecule has 0 aliphatic heterocycles. The molecule has 1 spiro atoms. The van der Waals surface area contributed by atoms with Gasteiger partial charge in [0.15, 0.2) is 5.82 Å². The third kappa shape index (κ3) is 5.02. The number of allylic oxidation sites excluding steroid dienone is 6. The van der Waals surface area contributed by atoms with Crippen LogP contribution in [0, 0.1) is 0 Å². The van der Waals surface area contributed by atoms with E-state index in [0.717, 1.165) is 39.2 Å². The molecule has 0 fully saturated rings. The number of rotatable bonds is 7. The first-order valence-corrected chi connectivity index (χ1v) is 18.2. The van der Waals surface area contributed by atoms with Crippen LogP contribution in [-0.4, -0.2) is 9.97 Å². The summed E-state index contributed by atoms with van der Waals surface area (Å²) in [5.74, 6) is 0.600. The maximum atomic E-state index is 4.88. The Balaban J connectivity index is 1.09. The highest BCUT2D eigenvalue weighted by atomic mass is 14.9. The van der Waals surface area contributed by atoms with Crippen LogP contribution >= 0.6 is 0 Å². The topological polar surface area (TPSA) is 25.8 Å². The molecule has 0 amide bonds. The quantitative estimate of drug-likeness (QED) is 0.157. The molecule has 2 nitrogen and oxygen atoms in total. The third-order valence-electron chi connectivity index (χ3n) is 10.8. The van der Waals surface area contributed by atoms with Crippen molar-refractivity contribution in [2.45, 2.75) is 19.3 Å². The SMILES string of the molecule is C=C(/C=C\C)c1cc(-c2ccc(-c3ccc(-c4cccc5c4-c4ccccc4C54c5ccccc5-c5ccccc54)cc3)cc2)nc(C(=C)/C=C\C)n1. The van der Waals surface area contributed by atoms with Crippen LogP contribution in [0.1, 0.15) is 47.6 Å². The number of benzene rings is 6. The zero-order valence-corrected chi connectivity index (χ0v) is 30.0. The van der Waals surface area contributed by atoms with Crippen LogP contribution in [0.25, 0.3) is 66.9 Å². The van der Waals surface area contributed by atoms with Crippen molar-refractivity contribution in [3.63, 3.8) is 0 Å². The Labute approximate surface area is 311 Å². The smallest absolute Gasteiger partial charge is 0.159 e. The lowest BCUT2D eigenvalue weighted by molar-refractivity contribution is 0.794. The number of fused-ring (bicyclic) bond motifs is 10. The van der Waals surface area contributed by atoms with E-state index >= 15 is 0 Å². The van der Waals surface area contributed by atoms with Crippen LogP contribution in [0.15, 0.2) is 183 Å². The predicted octanol–water partition coefficient (Wildman–Crippen LogP) is 13.0. The first kappa shape index (κ1) is 32.3. The summed E-state index contributed by atoms with van der Waals surface area (Å²) in [4.78, 5) is 9.64. The highest BCUT2D eigenvalue weighted by molar-refractivity contribution is 6.00. The normalized spacial score (nSPS) is 13.2. The summed E-state index contributed by atoms with van der Waals surface area (Å²) in [5, 5.41) is 0. The average Bonchev–Trinajstić information content (AvgIpc) is 3.69. The van der Waals surface area contributed by atoms with Gasteiger partial charge >= 0.3 is 0 Å². The van der Waals surface area contributed by atoms with Crippen molar-refractivity contribution in [1.29, 1.82) is 0 Å². The first-order chi connectivity index (χ1) is 26.0. The maximum absolute atomic E-state index is 4.88. The van der Waals surface area contributed by atoms with Crippen LogP contribution in [0.3, 0.4) is 0 Å². The van der Waals surface area contributed by atoms with Crippen LogP contribution in [0.4, 0.5) is 0 Å². The van der Waals surface area contributed by atoms with Gasteiger partial charge < -0.3 is 0 Å². The maximum Gasteiger partial charge on any atom is 0.159 e. The van der Waals surface area contributed by atoms with Crippen molar-refractivity contribution in [3.8, 4) is 55.8 Å². The van der Waals surface area contributed by atoms with Crippen molar-refractivity contribution >= 4 is 11.1 Å². The number of nitrogens with zero attached hydrogens (tertiary/aromatic N) is 2. The lowest BCUT2D eigenvalue weighted by Gasteiger charge is -2.30. The Hall–Kier alpha value is -6.64. The van der Waals surface area contributed by atoms with Crippen molar-refractivity contribution < 1.29 is 0 Å². The van der Waals surface area contributed by atoms with Gasteiger partial charge in [-0.2, -0.15) is 0 Å². The van der Waals surface area contributed by atoms with Crippen molar-refractivity contribution in [3.05, 3.63) is 217 Å². The van der Waals surface area contributed by atoms with Crippen LogP contribution in [0.5, 0.6) is 0 Å². The first-order valence-electron chi connectivity index (χ1n) is 18.2. The fraction of sp³-hybridized carbons (Fsp3) is 0.0588. The van der Waals surface area contributed by atoms with Gasteiger partial charge in [0.1, 0.15) is 0 Å². The highest BCUT2D eigenvalue weighted by Gasteiger charge is 2.51. The van der Waals surface area contributed by atoms with Gasteiger partial charge in [0.05, 0.1) is 16.8 Å². The molecular weight excluding hydrogens is 641 g/mol. The number of hydrogen-bond acceptors (Lipinski definition) is 2. The van der Waals surface area contributed by atoms with E-state index in [1.54, 1.807) is 0 Å². The third-order valence-corrected chi connectivity index (χ3v) is 10.8. The second kappa shape index (κ2) is 12.8. The number of aromatic nitrogens is 2. The van der Waals surface area contributed by atoms with Gasteiger partial charge in [0, 0.05) is 11.1 Å². The zero-order valence-electron chi connectivity index (χ0n) is 30.0. The molecule has 252 valence electrons. The van der Waals surface area contributed by atoms with E-state index in [9.17, 15) is 0 Å². The van der Waals surface area contributed by atoms with E-state index in [-0.39, 0.29) is 5.41 Å². The molecule has 0 radical (unpaired) electrons. The van der Waals surface area contributed by atoms with Gasteiger partial charge in [-0.25, -0.2) is 9.97 Å². The highest BCUT2D eigenvalue weighted by Crippen LogP contribution is 2.63. The molecule has 0 bridgehead atoms. The Morgan fingerprint density at radius 3 is 1.55 bits per heavy atom. The molecule has 0 saturated heterocycles. The van der Waals surface area contributed by atoms with Crippen molar-refractivity contribution in [1.82, 2.24) is 9.97 Å². The van der Waals surface area contributed by atoms with E-state index in [1.165, 1.54) is 55.6 Å². The minimum Gasteiger partial charge on any atom is -0.228 e. The second-order valence-corrected chi connectivity index (χ2v) is 13.8. The standard InChI is InChI=1S/C51H38N2/c1-5-14-33(3)47-32-48(53-50(52-47)34(4)15-6-2)38-30-26-36(27-31-38)35-24-28-37(29-25-35)39-19-13-23-46-49(39)42-18-9-12-22-45(42)51(46)43-20-10-7-16-40(43)41-17-8-11-21-44(41)51/h5-32H,3-4H2,1-2H3/b14-5-,15-6-. The van der Waals surface area contributed by atoms with E-state index in [0.29, 0.717) is 5.82 Å². The lowest BCUT2D eigenvalue weighted by atomic mass is 9.70. The van der Waals surface area contributed by atoms with Crippen LogP contribution < -0.4 is 0 Å². The summed E-state index contributed by atoms with van der Waals surface area (Å²) in [6, 6.07) is 53.4. The van der Waals surface area contributed by atoms with Gasteiger partial charge in [-0.05, 0) is 92.2 Å². The molecule has 2 aliphatic rings. The molecule has 7 aromatic rings. The Kier molecular flexibility index (Phi) is 7.82. The molecule has 0 saturated carbocycles. The second-order valence-electron chi connectivity index (χ2n) is 13.8. The van der Waals surface area contributed by atoms with Gasteiger partial charge in [-0.15, -0.1) is 0 Å². The van der Waals surface area contributed by atoms with E-state index in [2.05, 4.69) is 153 Å². The van der Waals surface area contributed by atoms with Gasteiger partial charge in [0.25, 0.3) is 0 Å². The number of hydrogen-bond donors (Lipinski definition) is 0. The fourth-order valence-corrected chi connectivity index (χ4v) is 8.53. The Morgan fingerprint density at radius 1 is 0.472 bits per heavy atom. The van der Waals surface area contributed by atoms with E-state index in [1.807, 2.05) is 44.2 Å². The van der Waals surface area contributed by atoms with E-state index < -0.39 is 0 Å². The monoisotopic (exact) mass is 678 g/mol. The average molecular weight is 679 g/mol. The summed E-state index contributed by atoms with van der Waals surface area (Å²) >= 11 is 0. The van der Waals surface area contributed by atoms with Crippen molar-refractivity contribution in [2.75, 3.05) is 0 Å². The van der Waals surface area contributed by atoms with Crippen molar-refractivity contribution in [2.24, 2.45) is 0 Å². The van der Waals surface area contributed by atoms with Gasteiger partial charge in [0.2, 0.25) is 0 Å². The molecular formula is C51H38N2. The Bertz CT molecular complexity index is 2560. The summed E-state index contributed by atoms with van der Waals surface area (Å²) in [5.41, 5.74) is 19.4. The van der Waals surface area contributed by atoms with Crippen LogP contribution in [-0.2, 0) is 5.41 Å².